The molecule has 2 rings (SSSR count). The van der Waals surface area contributed by atoms with Crippen molar-refractivity contribution in [3.8, 4) is 0 Å². The lowest BCUT2D eigenvalue weighted by molar-refractivity contribution is 0.0593. The van der Waals surface area contributed by atoms with Gasteiger partial charge in [-0.2, -0.15) is 5.10 Å². The molecule has 1 saturated carbocycles. The van der Waals surface area contributed by atoms with Gasteiger partial charge in [-0.05, 0) is 11.5 Å². The summed E-state index contributed by atoms with van der Waals surface area (Å²) in [6.45, 7) is 4.24. The first-order valence-corrected chi connectivity index (χ1v) is 5.27. The summed E-state index contributed by atoms with van der Waals surface area (Å²) in [5, 5.41) is 4.13. The second-order valence-corrected chi connectivity index (χ2v) is 4.89. The molecule has 0 radical (unpaired) electrons. The average molecular weight is 223 g/mol. The normalized spacial score (nSPS) is 26.6. The Morgan fingerprint density at radius 1 is 1.62 bits per heavy atom. The number of nitrogens with zero attached hydrogens (tertiary/aromatic N) is 2. The van der Waals surface area contributed by atoms with E-state index >= 15 is 0 Å². The number of rotatable bonds is 2. The summed E-state index contributed by atoms with van der Waals surface area (Å²) in [7, 11) is 3.17. The summed E-state index contributed by atoms with van der Waals surface area (Å²) in [6, 6.07) is 1.90. The molecule has 5 heteroatoms. The van der Waals surface area contributed by atoms with Gasteiger partial charge in [-0.15, -0.1) is 0 Å². The number of ether oxygens (including phenoxy) is 1. The lowest BCUT2D eigenvalue weighted by Gasteiger charge is -2.01. The highest BCUT2D eigenvalue weighted by atomic mass is 16.5. The number of carbonyl (C=O) groups excluding carboxylic acids is 1. The fraction of sp³-hybridized carbons (Fsp3) is 0.636. The molecule has 1 aromatic rings. The number of hydrogen-bond acceptors (Lipinski definition) is 4. The van der Waals surface area contributed by atoms with Gasteiger partial charge in [0.2, 0.25) is 0 Å². The Morgan fingerprint density at radius 3 is 2.62 bits per heavy atom. The molecule has 0 amide bonds. The van der Waals surface area contributed by atoms with Gasteiger partial charge in [0.25, 0.3) is 0 Å². The predicted octanol–water partition coefficient (Wildman–Crippen LogP) is 0.657. The summed E-state index contributed by atoms with van der Waals surface area (Å²) in [5.41, 5.74) is 7.43. The molecule has 0 bridgehead atoms. The van der Waals surface area contributed by atoms with E-state index in [-0.39, 0.29) is 17.4 Å². The van der Waals surface area contributed by atoms with Crippen molar-refractivity contribution >= 4 is 5.97 Å². The Bertz CT molecular complexity index is 436. The van der Waals surface area contributed by atoms with Gasteiger partial charge >= 0.3 is 5.97 Å². The van der Waals surface area contributed by atoms with Crippen LogP contribution in [0.4, 0.5) is 0 Å². The van der Waals surface area contributed by atoms with Gasteiger partial charge < -0.3 is 10.5 Å². The van der Waals surface area contributed by atoms with Crippen molar-refractivity contribution in [3.05, 3.63) is 17.5 Å². The van der Waals surface area contributed by atoms with Crippen molar-refractivity contribution in [2.45, 2.75) is 25.8 Å². The fourth-order valence-electron chi connectivity index (χ4n) is 2.22. The molecule has 1 heterocycles. The van der Waals surface area contributed by atoms with Crippen LogP contribution in [0.15, 0.2) is 6.07 Å². The van der Waals surface area contributed by atoms with Crippen LogP contribution >= 0.6 is 0 Å². The van der Waals surface area contributed by atoms with Crippen LogP contribution in [0.5, 0.6) is 0 Å². The van der Waals surface area contributed by atoms with Crippen LogP contribution in [0.1, 0.15) is 35.9 Å². The smallest absolute Gasteiger partial charge is 0.358 e. The maximum atomic E-state index is 11.3. The van der Waals surface area contributed by atoms with E-state index in [1.165, 1.54) is 7.11 Å². The zero-order valence-corrected chi connectivity index (χ0v) is 10.0. The number of aromatic nitrogens is 2. The molecule has 0 spiro atoms. The minimum atomic E-state index is -0.408. The summed E-state index contributed by atoms with van der Waals surface area (Å²) >= 11 is 0. The molecular weight excluding hydrogens is 206 g/mol. The third-order valence-corrected chi connectivity index (χ3v) is 3.54. The van der Waals surface area contributed by atoms with Crippen molar-refractivity contribution in [1.82, 2.24) is 9.78 Å². The van der Waals surface area contributed by atoms with Crippen molar-refractivity contribution in [2.75, 3.05) is 7.11 Å². The highest BCUT2D eigenvalue weighted by Crippen LogP contribution is 2.57. The Morgan fingerprint density at radius 2 is 2.19 bits per heavy atom. The first-order valence-electron chi connectivity index (χ1n) is 5.27. The number of aryl methyl sites for hydroxylation is 1. The second-order valence-electron chi connectivity index (χ2n) is 4.89. The van der Waals surface area contributed by atoms with E-state index in [0.29, 0.717) is 5.69 Å². The Labute approximate surface area is 94.6 Å². The molecule has 16 heavy (non-hydrogen) atoms. The minimum absolute atomic E-state index is 0.0845. The SMILES string of the molecule is COC(=O)c1cc(C2C(N)C2(C)C)n(C)n1. The van der Waals surface area contributed by atoms with Crippen LogP contribution in [-0.4, -0.2) is 28.9 Å². The summed E-state index contributed by atoms with van der Waals surface area (Å²) in [6.07, 6.45) is 0. The summed E-state index contributed by atoms with van der Waals surface area (Å²) in [5.74, 6) is -0.141. The number of nitrogens with two attached hydrogens (primary N) is 1. The molecular formula is C11H17N3O2. The third kappa shape index (κ3) is 1.43. The molecule has 0 aliphatic heterocycles. The Kier molecular flexibility index (Phi) is 2.31. The maximum absolute atomic E-state index is 11.3. The number of hydrogen-bond donors (Lipinski definition) is 1. The molecule has 5 nitrogen and oxygen atoms in total. The van der Waals surface area contributed by atoms with Crippen LogP contribution in [0, 0.1) is 5.41 Å². The Hall–Kier alpha value is -1.36. The lowest BCUT2D eigenvalue weighted by Crippen LogP contribution is -2.07. The van der Waals surface area contributed by atoms with Crippen LogP contribution in [-0.2, 0) is 11.8 Å². The van der Waals surface area contributed by atoms with Crippen LogP contribution < -0.4 is 5.73 Å². The van der Waals surface area contributed by atoms with Gasteiger partial charge in [-0.25, -0.2) is 4.79 Å². The highest BCUT2D eigenvalue weighted by Gasteiger charge is 2.57. The lowest BCUT2D eigenvalue weighted by atomic mass is 10.1. The quantitative estimate of drug-likeness (QED) is 0.748. The van der Waals surface area contributed by atoms with Crippen molar-refractivity contribution < 1.29 is 9.53 Å². The number of esters is 1. The van der Waals surface area contributed by atoms with Gasteiger partial charge in [0.15, 0.2) is 5.69 Å². The average Bonchev–Trinajstić information content (AvgIpc) is 2.60. The van der Waals surface area contributed by atoms with E-state index in [4.69, 9.17) is 5.73 Å². The fourth-order valence-corrected chi connectivity index (χ4v) is 2.22. The summed E-state index contributed by atoms with van der Waals surface area (Å²) in [4.78, 5) is 11.3. The first-order chi connectivity index (χ1) is 7.39. The molecule has 0 aromatic carbocycles. The van der Waals surface area contributed by atoms with Crippen LogP contribution in [0.2, 0.25) is 0 Å². The molecule has 1 fully saturated rings. The maximum Gasteiger partial charge on any atom is 0.358 e. The monoisotopic (exact) mass is 223 g/mol. The van der Waals surface area contributed by atoms with E-state index in [2.05, 4.69) is 23.7 Å². The van der Waals surface area contributed by atoms with Crippen molar-refractivity contribution in [3.63, 3.8) is 0 Å². The third-order valence-electron chi connectivity index (χ3n) is 3.54. The van der Waals surface area contributed by atoms with Crippen LogP contribution in [0.3, 0.4) is 0 Å². The van der Waals surface area contributed by atoms with Gasteiger partial charge in [-0.1, -0.05) is 13.8 Å². The summed E-state index contributed by atoms with van der Waals surface area (Å²) < 4.78 is 6.35. The molecule has 2 atom stereocenters. The number of methoxy groups -OCH3 is 1. The van der Waals surface area contributed by atoms with Gasteiger partial charge in [0.1, 0.15) is 0 Å². The van der Waals surface area contributed by atoms with Crippen molar-refractivity contribution in [2.24, 2.45) is 18.2 Å². The van der Waals surface area contributed by atoms with E-state index in [0.717, 1.165) is 5.69 Å². The van der Waals surface area contributed by atoms with Gasteiger partial charge in [0, 0.05) is 24.7 Å². The second kappa shape index (κ2) is 3.31. The number of carbonyl (C=O) groups is 1. The molecule has 1 aromatic heterocycles. The minimum Gasteiger partial charge on any atom is -0.464 e. The molecule has 0 saturated heterocycles. The first kappa shape index (κ1) is 11.1. The molecule has 88 valence electrons. The van der Waals surface area contributed by atoms with Crippen molar-refractivity contribution in [1.29, 1.82) is 0 Å². The molecule has 1 aliphatic carbocycles. The van der Waals surface area contributed by atoms with E-state index in [1.807, 2.05) is 7.05 Å². The van der Waals surface area contributed by atoms with E-state index < -0.39 is 5.97 Å². The topological polar surface area (TPSA) is 70.1 Å². The van der Waals surface area contributed by atoms with Gasteiger partial charge in [-0.3, -0.25) is 4.68 Å². The molecule has 1 aliphatic rings. The molecule has 2 unspecified atom stereocenters. The highest BCUT2D eigenvalue weighted by molar-refractivity contribution is 5.87. The zero-order chi connectivity index (χ0) is 12.1. The van der Waals surface area contributed by atoms with E-state index in [9.17, 15) is 4.79 Å². The van der Waals surface area contributed by atoms with Crippen LogP contribution in [0.25, 0.3) is 0 Å². The predicted molar refractivity (Wildman–Crippen MR) is 59.0 cm³/mol. The Balaban J connectivity index is 2.31. The zero-order valence-electron chi connectivity index (χ0n) is 10.0. The largest absolute Gasteiger partial charge is 0.464 e. The van der Waals surface area contributed by atoms with E-state index in [1.54, 1.807) is 10.7 Å². The molecule has 2 N–H and O–H groups in total. The van der Waals surface area contributed by atoms with Gasteiger partial charge in [0.05, 0.1) is 7.11 Å². The standard InChI is InChI=1S/C11H17N3O2/c1-11(2)8(9(11)12)7-5-6(10(15)16-4)13-14(7)3/h5,8-9H,12H2,1-4H3.